The van der Waals surface area contributed by atoms with Gasteiger partial charge < -0.3 is 10.6 Å². The first-order valence-corrected chi connectivity index (χ1v) is 9.17. The van der Waals surface area contributed by atoms with Crippen LogP contribution in [0.2, 0.25) is 10.0 Å². The molecule has 2 N–H and O–H groups in total. The summed E-state index contributed by atoms with van der Waals surface area (Å²) in [5.74, 6) is -0.518. The molecule has 0 bridgehead atoms. The number of hydrogen-bond acceptors (Lipinski definition) is 2. The van der Waals surface area contributed by atoms with Crippen LogP contribution in [0.5, 0.6) is 0 Å². The number of carbonyl (C=O) groups is 2. The molecule has 3 aromatic rings. The zero-order valence-corrected chi connectivity index (χ0v) is 16.2. The first kappa shape index (κ1) is 19.7. The average molecular weight is 411 g/mol. The molecule has 2 amide bonds. The summed E-state index contributed by atoms with van der Waals surface area (Å²) in [6.45, 7) is 0. The Morgan fingerprint density at radius 3 is 2.04 bits per heavy atom. The molecular formula is C22H16Cl2N2O2. The first-order valence-electron chi connectivity index (χ1n) is 8.41. The highest BCUT2D eigenvalue weighted by molar-refractivity contribution is 6.31. The number of carbonyl (C=O) groups excluding carboxylic acids is 2. The third-order valence-corrected chi connectivity index (χ3v) is 4.28. The maximum atomic E-state index is 12.2. The minimum absolute atomic E-state index is 0.259. The molecule has 0 saturated carbocycles. The van der Waals surface area contributed by atoms with Crippen molar-refractivity contribution in [2.45, 2.75) is 0 Å². The lowest BCUT2D eigenvalue weighted by molar-refractivity contribution is -0.111. The molecule has 0 fully saturated rings. The van der Waals surface area contributed by atoms with Crippen LogP contribution in [0.1, 0.15) is 15.9 Å². The summed E-state index contributed by atoms with van der Waals surface area (Å²) in [6, 6.07) is 20.7. The molecule has 0 aliphatic rings. The number of hydrogen-bond donors (Lipinski definition) is 2. The van der Waals surface area contributed by atoms with Gasteiger partial charge in [0.05, 0.1) is 0 Å². The van der Waals surface area contributed by atoms with Gasteiger partial charge in [-0.25, -0.2) is 0 Å². The Morgan fingerprint density at radius 2 is 1.39 bits per heavy atom. The van der Waals surface area contributed by atoms with E-state index in [4.69, 9.17) is 23.2 Å². The summed E-state index contributed by atoms with van der Waals surface area (Å²) in [5, 5.41) is 6.68. The van der Waals surface area contributed by atoms with Crippen LogP contribution in [0.3, 0.4) is 0 Å². The molecule has 4 nitrogen and oxygen atoms in total. The van der Waals surface area contributed by atoms with Crippen molar-refractivity contribution in [3.63, 3.8) is 0 Å². The Bertz CT molecular complexity index is 1010. The second kappa shape index (κ2) is 9.22. The Balaban J connectivity index is 1.57. The minimum Gasteiger partial charge on any atom is -0.323 e. The molecule has 28 heavy (non-hydrogen) atoms. The summed E-state index contributed by atoms with van der Waals surface area (Å²) in [6.07, 6.45) is 3.14. The van der Waals surface area contributed by atoms with Crippen molar-refractivity contribution in [1.29, 1.82) is 0 Å². The summed E-state index contributed by atoms with van der Waals surface area (Å²) >= 11 is 11.7. The van der Waals surface area contributed by atoms with Gasteiger partial charge in [-0.3, -0.25) is 9.59 Å². The minimum atomic E-state index is -0.259. The van der Waals surface area contributed by atoms with Crippen molar-refractivity contribution in [3.05, 3.63) is 100 Å². The van der Waals surface area contributed by atoms with Gasteiger partial charge >= 0.3 is 0 Å². The monoisotopic (exact) mass is 410 g/mol. The predicted molar refractivity (Wildman–Crippen MR) is 115 cm³/mol. The van der Waals surface area contributed by atoms with E-state index < -0.39 is 0 Å². The van der Waals surface area contributed by atoms with E-state index in [0.717, 1.165) is 5.56 Å². The fourth-order valence-electron chi connectivity index (χ4n) is 2.40. The molecule has 3 rings (SSSR count). The molecule has 0 aromatic heterocycles. The maximum absolute atomic E-state index is 12.2. The van der Waals surface area contributed by atoms with Crippen molar-refractivity contribution >= 4 is 52.5 Å². The molecule has 0 unspecified atom stereocenters. The summed E-state index contributed by atoms with van der Waals surface area (Å²) in [5.41, 5.74) is 2.57. The quantitative estimate of drug-likeness (QED) is 0.514. The van der Waals surface area contributed by atoms with E-state index in [9.17, 15) is 9.59 Å². The largest absolute Gasteiger partial charge is 0.323 e. The van der Waals surface area contributed by atoms with Crippen LogP contribution in [0, 0.1) is 0 Å². The Hall–Kier alpha value is -3.08. The second-order valence-corrected chi connectivity index (χ2v) is 6.79. The highest BCUT2D eigenvalue weighted by Crippen LogP contribution is 2.17. The van der Waals surface area contributed by atoms with Crippen molar-refractivity contribution in [1.82, 2.24) is 0 Å². The highest BCUT2D eigenvalue weighted by Gasteiger charge is 2.06. The summed E-state index contributed by atoms with van der Waals surface area (Å²) in [7, 11) is 0. The third kappa shape index (κ3) is 5.71. The number of nitrogens with one attached hydrogen (secondary N) is 2. The van der Waals surface area contributed by atoms with Crippen LogP contribution >= 0.6 is 23.2 Å². The zero-order valence-electron chi connectivity index (χ0n) is 14.7. The van der Waals surface area contributed by atoms with E-state index in [0.29, 0.717) is 27.0 Å². The Morgan fingerprint density at radius 1 is 0.750 bits per heavy atom. The topological polar surface area (TPSA) is 58.2 Å². The van der Waals surface area contributed by atoms with Gasteiger partial charge in [-0.2, -0.15) is 0 Å². The van der Waals surface area contributed by atoms with Crippen LogP contribution in [-0.2, 0) is 4.79 Å². The van der Waals surface area contributed by atoms with Gasteiger partial charge in [-0.1, -0.05) is 41.4 Å². The third-order valence-electron chi connectivity index (χ3n) is 3.79. The number of benzene rings is 3. The molecular weight excluding hydrogens is 395 g/mol. The van der Waals surface area contributed by atoms with Crippen molar-refractivity contribution < 1.29 is 9.59 Å². The smallest absolute Gasteiger partial charge is 0.255 e. The molecule has 140 valence electrons. The van der Waals surface area contributed by atoms with E-state index in [1.165, 1.54) is 6.08 Å². The summed E-state index contributed by atoms with van der Waals surface area (Å²) in [4.78, 5) is 24.2. The van der Waals surface area contributed by atoms with Crippen LogP contribution in [0.4, 0.5) is 11.4 Å². The fraction of sp³-hybridized carbons (Fsp3) is 0. The SMILES string of the molecule is O=C(C=Cc1ccc(Cl)cc1)Nc1ccc(NC(=O)c2cccc(Cl)c2)cc1. The normalized spacial score (nSPS) is 10.6. The van der Waals surface area contributed by atoms with E-state index in [-0.39, 0.29) is 11.8 Å². The lowest BCUT2D eigenvalue weighted by Crippen LogP contribution is -2.12. The lowest BCUT2D eigenvalue weighted by Gasteiger charge is -2.07. The molecule has 0 aliphatic heterocycles. The van der Waals surface area contributed by atoms with E-state index >= 15 is 0 Å². The second-order valence-electron chi connectivity index (χ2n) is 5.92. The van der Waals surface area contributed by atoms with E-state index in [1.54, 1.807) is 66.7 Å². The fourth-order valence-corrected chi connectivity index (χ4v) is 2.72. The molecule has 0 heterocycles. The molecule has 0 aliphatic carbocycles. The predicted octanol–water partition coefficient (Wildman–Crippen LogP) is 5.90. The number of amides is 2. The molecule has 0 atom stereocenters. The highest BCUT2D eigenvalue weighted by atomic mass is 35.5. The van der Waals surface area contributed by atoms with Gasteiger partial charge in [0.2, 0.25) is 5.91 Å². The molecule has 0 radical (unpaired) electrons. The van der Waals surface area contributed by atoms with Gasteiger partial charge in [0.1, 0.15) is 0 Å². The zero-order chi connectivity index (χ0) is 19.9. The van der Waals surface area contributed by atoms with Crippen molar-refractivity contribution in [2.75, 3.05) is 10.6 Å². The van der Waals surface area contributed by atoms with Gasteiger partial charge in [-0.15, -0.1) is 0 Å². The maximum Gasteiger partial charge on any atom is 0.255 e. The van der Waals surface area contributed by atoms with Crippen LogP contribution in [0.15, 0.2) is 78.9 Å². The van der Waals surface area contributed by atoms with Crippen molar-refractivity contribution in [2.24, 2.45) is 0 Å². The van der Waals surface area contributed by atoms with Crippen molar-refractivity contribution in [3.8, 4) is 0 Å². The average Bonchev–Trinajstić information content (AvgIpc) is 2.69. The number of halogens is 2. The molecule has 0 saturated heterocycles. The lowest BCUT2D eigenvalue weighted by atomic mass is 10.2. The van der Waals surface area contributed by atoms with Crippen LogP contribution < -0.4 is 10.6 Å². The van der Waals surface area contributed by atoms with Gasteiger partial charge in [0.25, 0.3) is 5.91 Å². The van der Waals surface area contributed by atoms with Crippen LogP contribution in [0.25, 0.3) is 6.08 Å². The number of rotatable bonds is 5. The molecule has 3 aromatic carbocycles. The van der Waals surface area contributed by atoms with Crippen LogP contribution in [-0.4, -0.2) is 11.8 Å². The first-order chi connectivity index (χ1) is 13.5. The molecule has 0 spiro atoms. The van der Waals surface area contributed by atoms with Gasteiger partial charge in [0.15, 0.2) is 0 Å². The van der Waals surface area contributed by atoms with E-state index in [2.05, 4.69) is 10.6 Å². The Kier molecular flexibility index (Phi) is 6.48. The van der Waals surface area contributed by atoms with Gasteiger partial charge in [0, 0.05) is 33.1 Å². The standard InChI is InChI=1S/C22H16Cl2N2O2/c23-17-7-4-15(5-8-17)6-13-21(27)25-19-9-11-20(12-10-19)26-22(28)16-2-1-3-18(24)14-16/h1-14H,(H,25,27)(H,26,28). The summed E-state index contributed by atoms with van der Waals surface area (Å²) < 4.78 is 0. The number of anilines is 2. The van der Waals surface area contributed by atoms with E-state index in [1.807, 2.05) is 12.1 Å². The molecule has 6 heteroatoms. The Labute approximate surface area is 172 Å². The van der Waals surface area contributed by atoms with Gasteiger partial charge in [-0.05, 0) is 66.2 Å².